The highest BCUT2D eigenvalue weighted by molar-refractivity contribution is 9.10. The van der Waals surface area contributed by atoms with Crippen molar-refractivity contribution in [1.29, 1.82) is 0 Å². The minimum absolute atomic E-state index is 0.210. The van der Waals surface area contributed by atoms with Crippen LogP contribution in [0.2, 0.25) is 5.15 Å². The van der Waals surface area contributed by atoms with Crippen LogP contribution in [0.1, 0.15) is 15.9 Å². The number of hydrogen-bond acceptors (Lipinski definition) is 5. The molecule has 4 aromatic heterocycles. The third-order valence-electron chi connectivity index (χ3n) is 3.98. The second kappa shape index (κ2) is 7.75. The van der Waals surface area contributed by atoms with Gasteiger partial charge in [0.2, 0.25) is 0 Å². The maximum absolute atomic E-state index is 12.8. The number of hydrogen-bond donors (Lipinski definition) is 2. The van der Waals surface area contributed by atoms with Crippen LogP contribution in [0.15, 0.2) is 45.8 Å². The summed E-state index contributed by atoms with van der Waals surface area (Å²) in [6.07, 6.45) is 3.91. The number of nitrogens with zero attached hydrogens (tertiary/aromatic N) is 3. The van der Waals surface area contributed by atoms with E-state index in [1.807, 2.05) is 22.9 Å². The summed E-state index contributed by atoms with van der Waals surface area (Å²) in [7, 11) is 0. The summed E-state index contributed by atoms with van der Waals surface area (Å²) in [5.41, 5.74) is 3.55. The van der Waals surface area contributed by atoms with Crippen molar-refractivity contribution in [3.8, 4) is 11.4 Å². The fraction of sp³-hybridized carbons (Fsp3) is 0.111. The maximum Gasteiger partial charge on any atom is 0.254 e. The van der Waals surface area contributed by atoms with E-state index in [0.29, 0.717) is 45.1 Å². The molecule has 0 aliphatic heterocycles. The summed E-state index contributed by atoms with van der Waals surface area (Å²) in [5, 5.41) is 7.34. The van der Waals surface area contributed by atoms with Gasteiger partial charge in [0.1, 0.15) is 16.5 Å². The highest BCUT2D eigenvalue weighted by Crippen LogP contribution is 2.27. The molecule has 4 rings (SSSR count). The number of carbonyl (C=O) groups is 1. The predicted octanol–water partition coefficient (Wildman–Crippen LogP) is 4.47. The number of aromatic amines is 1. The van der Waals surface area contributed by atoms with Gasteiger partial charge >= 0.3 is 0 Å². The Kier molecular flexibility index (Phi) is 5.20. The molecule has 2 N–H and O–H groups in total. The van der Waals surface area contributed by atoms with Crippen molar-refractivity contribution in [2.24, 2.45) is 0 Å². The van der Waals surface area contributed by atoms with Gasteiger partial charge in [-0.2, -0.15) is 11.3 Å². The normalized spacial score (nSPS) is 11.0. The van der Waals surface area contributed by atoms with Crippen LogP contribution in [0.3, 0.4) is 0 Å². The minimum atomic E-state index is -0.210. The van der Waals surface area contributed by atoms with Gasteiger partial charge in [-0.3, -0.25) is 4.79 Å². The van der Waals surface area contributed by atoms with Gasteiger partial charge in [-0.25, -0.2) is 15.0 Å². The Hall–Kier alpha value is -2.29. The van der Waals surface area contributed by atoms with Gasteiger partial charge in [-0.1, -0.05) is 11.6 Å². The molecule has 9 heteroatoms. The number of carbonyl (C=O) groups excluding carboxylic acids is 1. The van der Waals surface area contributed by atoms with Crippen molar-refractivity contribution in [2.45, 2.75) is 6.42 Å². The summed E-state index contributed by atoms with van der Waals surface area (Å²) >= 11 is 10.9. The van der Waals surface area contributed by atoms with Crippen LogP contribution in [0, 0.1) is 0 Å². The molecule has 0 atom stereocenters. The molecule has 0 unspecified atom stereocenters. The fourth-order valence-corrected chi connectivity index (χ4v) is 4.00. The van der Waals surface area contributed by atoms with E-state index in [9.17, 15) is 4.79 Å². The number of aromatic nitrogens is 4. The van der Waals surface area contributed by atoms with E-state index in [0.717, 1.165) is 11.1 Å². The van der Waals surface area contributed by atoms with Crippen LogP contribution >= 0.6 is 38.9 Å². The number of pyridine rings is 2. The Morgan fingerprint density at radius 2 is 2.22 bits per heavy atom. The van der Waals surface area contributed by atoms with E-state index in [2.05, 4.69) is 41.2 Å². The summed E-state index contributed by atoms with van der Waals surface area (Å²) in [6.45, 7) is 0.469. The molecule has 4 aromatic rings. The third-order valence-corrected chi connectivity index (χ3v) is 5.47. The monoisotopic (exact) mass is 461 g/mol. The van der Waals surface area contributed by atoms with E-state index in [-0.39, 0.29) is 5.91 Å². The predicted molar refractivity (Wildman–Crippen MR) is 110 cm³/mol. The Balaban J connectivity index is 1.56. The van der Waals surface area contributed by atoms with Gasteiger partial charge < -0.3 is 10.3 Å². The Morgan fingerprint density at radius 1 is 1.33 bits per heavy atom. The average molecular weight is 463 g/mol. The smallest absolute Gasteiger partial charge is 0.254 e. The molecule has 6 nitrogen and oxygen atoms in total. The zero-order valence-corrected chi connectivity index (χ0v) is 17.0. The highest BCUT2D eigenvalue weighted by Gasteiger charge is 2.19. The summed E-state index contributed by atoms with van der Waals surface area (Å²) in [4.78, 5) is 28.8. The lowest BCUT2D eigenvalue weighted by molar-refractivity contribution is 0.0955. The quantitative estimate of drug-likeness (QED) is 0.429. The van der Waals surface area contributed by atoms with Gasteiger partial charge in [0.25, 0.3) is 5.91 Å². The molecular weight excluding hydrogens is 450 g/mol. The van der Waals surface area contributed by atoms with Crippen molar-refractivity contribution in [2.75, 3.05) is 6.54 Å². The van der Waals surface area contributed by atoms with Crippen LogP contribution in [-0.4, -0.2) is 32.4 Å². The second-order valence-corrected chi connectivity index (χ2v) is 7.79. The first kappa shape index (κ1) is 18.1. The lowest BCUT2D eigenvalue weighted by atomic mass is 10.2. The maximum atomic E-state index is 12.8. The first-order valence-corrected chi connectivity index (χ1v) is 10.2. The van der Waals surface area contributed by atoms with Gasteiger partial charge in [0.05, 0.1) is 10.0 Å². The van der Waals surface area contributed by atoms with Gasteiger partial charge in [-0.05, 0) is 51.5 Å². The largest absolute Gasteiger partial charge is 0.352 e. The van der Waals surface area contributed by atoms with E-state index >= 15 is 0 Å². The summed E-state index contributed by atoms with van der Waals surface area (Å²) in [6, 6.07) is 5.63. The number of rotatable bonds is 5. The fourth-order valence-electron chi connectivity index (χ4n) is 2.69. The molecule has 0 spiro atoms. The minimum Gasteiger partial charge on any atom is -0.352 e. The molecule has 0 bridgehead atoms. The number of halogens is 2. The first-order chi connectivity index (χ1) is 13.1. The molecule has 136 valence electrons. The molecular formula is C18H13BrClN5OS. The first-order valence-electron chi connectivity index (χ1n) is 8.07. The molecule has 0 fully saturated rings. The molecule has 0 aromatic carbocycles. The molecule has 0 aliphatic carbocycles. The highest BCUT2D eigenvalue weighted by atomic mass is 79.9. The van der Waals surface area contributed by atoms with Gasteiger partial charge in [-0.15, -0.1) is 0 Å². The number of nitrogens with one attached hydrogen (secondary N) is 2. The number of amides is 1. The van der Waals surface area contributed by atoms with Crippen LogP contribution in [0.4, 0.5) is 0 Å². The van der Waals surface area contributed by atoms with Crippen LogP contribution in [0.25, 0.3) is 22.6 Å². The molecule has 0 aliphatic rings. The van der Waals surface area contributed by atoms with Crippen molar-refractivity contribution in [3.63, 3.8) is 0 Å². The summed E-state index contributed by atoms with van der Waals surface area (Å²) in [5.74, 6) is 0.482. The van der Waals surface area contributed by atoms with Crippen molar-refractivity contribution in [3.05, 3.63) is 62.1 Å². The third kappa shape index (κ3) is 3.87. The molecule has 0 saturated heterocycles. The second-order valence-electron chi connectivity index (χ2n) is 5.77. The van der Waals surface area contributed by atoms with Crippen molar-refractivity contribution in [1.82, 2.24) is 25.3 Å². The van der Waals surface area contributed by atoms with E-state index < -0.39 is 0 Å². The molecule has 0 saturated carbocycles. The molecule has 4 heterocycles. The van der Waals surface area contributed by atoms with Crippen molar-refractivity contribution >= 4 is 55.9 Å². The number of thiophene rings is 1. The Morgan fingerprint density at radius 3 is 3.00 bits per heavy atom. The number of H-pyrrole nitrogens is 1. The van der Waals surface area contributed by atoms with Crippen LogP contribution in [-0.2, 0) is 6.42 Å². The van der Waals surface area contributed by atoms with E-state index in [4.69, 9.17) is 11.6 Å². The Labute approximate surface area is 172 Å². The van der Waals surface area contributed by atoms with Gasteiger partial charge in [0, 0.05) is 29.9 Å². The molecule has 27 heavy (non-hydrogen) atoms. The SMILES string of the molecule is O=C(NCCc1ccnc(Cl)c1)c1c(Br)cnc2[nH]c(-c3ccsc3)nc12. The molecule has 0 radical (unpaired) electrons. The van der Waals surface area contributed by atoms with Gasteiger partial charge in [0.15, 0.2) is 5.65 Å². The lowest BCUT2D eigenvalue weighted by Gasteiger charge is -2.07. The van der Waals surface area contributed by atoms with Crippen LogP contribution < -0.4 is 5.32 Å². The number of imidazole rings is 1. The lowest BCUT2D eigenvalue weighted by Crippen LogP contribution is -2.26. The summed E-state index contributed by atoms with van der Waals surface area (Å²) < 4.78 is 0.600. The van der Waals surface area contributed by atoms with E-state index in [1.165, 1.54) is 0 Å². The Bertz CT molecular complexity index is 1110. The van der Waals surface area contributed by atoms with Crippen molar-refractivity contribution < 1.29 is 4.79 Å². The standard InChI is InChI=1S/C18H13BrClN5OS/c19-12-8-23-17-15(24-16(25-17)11-3-6-27-9-11)14(12)18(26)22-5-2-10-1-4-21-13(20)7-10/h1,3-4,6-9H,2,5H2,(H,22,26)(H,23,24,25). The zero-order valence-electron chi connectivity index (χ0n) is 13.9. The number of fused-ring (bicyclic) bond motifs is 1. The zero-order chi connectivity index (χ0) is 18.8. The molecule has 1 amide bonds. The topological polar surface area (TPSA) is 83.6 Å². The van der Waals surface area contributed by atoms with E-state index in [1.54, 1.807) is 29.8 Å². The average Bonchev–Trinajstić information content (AvgIpc) is 3.31. The van der Waals surface area contributed by atoms with Crippen LogP contribution in [0.5, 0.6) is 0 Å².